The van der Waals surface area contributed by atoms with Crippen molar-refractivity contribution in [3.63, 3.8) is 0 Å². The molecule has 0 atom stereocenters. The monoisotopic (exact) mass is 543 g/mol. The highest BCUT2D eigenvalue weighted by Crippen LogP contribution is 2.21. The molecule has 0 aliphatic carbocycles. The second-order valence-corrected chi connectivity index (χ2v) is 9.80. The summed E-state index contributed by atoms with van der Waals surface area (Å²) in [6.07, 6.45) is 3.46. The molecule has 1 saturated heterocycles. The smallest absolute Gasteiger partial charge is 0.271 e. The fourth-order valence-electron chi connectivity index (χ4n) is 4.56. The predicted molar refractivity (Wildman–Crippen MR) is 155 cm³/mol. The molecule has 0 saturated carbocycles. The summed E-state index contributed by atoms with van der Waals surface area (Å²) in [5, 5.41) is 4.47. The van der Waals surface area contributed by atoms with Crippen LogP contribution in [-0.4, -0.2) is 65.9 Å². The number of aromatic amines is 1. The molecule has 1 aliphatic heterocycles. The number of amides is 2. The minimum absolute atomic E-state index is 0.0644. The van der Waals surface area contributed by atoms with Gasteiger partial charge in [-0.3, -0.25) is 14.5 Å². The summed E-state index contributed by atoms with van der Waals surface area (Å²) >= 11 is 5.91. The number of para-hydroxylation sites is 1. The van der Waals surface area contributed by atoms with Crippen molar-refractivity contribution in [3.05, 3.63) is 101 Å². The molecule has 1 fully saturated rings. The number of carbonyl (C=O) groups is 2. The van der Waals surface area contributed by atoms with Crippen LogP contribution in [-0.2, 0) is 4.79 Å². The molecule has 5 rings (SSSR count). The third kappa shape index (κ3) is 6.60. The summed E-state index contributed by atoms with van der Waals surface area (Å²) in [6, 6.07) is 22.1. The maximum absolute atomic E-state index is 13.2. The molecule has 3 aromatic carbocycles. The Balaban J connectivity index is 1.13. The summed E-state index contributed by atoms with van der Waals surface area (Å²) in [7, 11) is 0. The van der Waals surface area contributed by atoms with Crippen LogP contribution in [0.1, 0.15) is 15.9 Å². The number of nitrogens with one attached hydrogen (secondary N) is 2. The predicted octanol–water partition coefficient (Wildman–Crippen LogP) is 4.60. The average Bonchev–Trinajstić information content (AvgIpc) is 3.37. The number of fused-ring (bicyclic) bond motifs is 1. The van der Waals surface area contributed by atoms with Crippen LogP contribution in [0.25, 0.3) is 17.0 Å². The van der Waals surface area contributed by atoms with E-state index in [2.05, 4.69) is 15.2 Å². The zero-order valence-corrected chi connectivity index (χ0v) is 22.2. The summed E-state index contributed by atoms with van der Waals surface area (Å²) < 4.78 is 5.79. The number of aromatic nitrogens is 1. The lowest BCUT2D eigenvalue weighted by Gasteiger charge is -2.34. The van der Waals surface area contributed by atoms with Crippen LogP contribution in [0.15, 0.2) is 84.7 Å². The van der Waals surface area contributed by atoms with Crippen molar-refractivity contribution in [1.29, 1.82) is 0 Å². The molecule has 200 valence electrons. The molecule has 4 N–H and O–H groups in total. The van der Waals surface area contributed by atoms with Gasteiger partial charge in [-0.1, -0.05) is 35.9 Å². The van der Waals surface area contributed by atoms with E-state index in [1.165, 1.54) is 0 Å². The van der Waals surface area contributed by atoms with Gasteiger partial charge in [0.1, 0.15) is 12.4 Å². The molecule has 39 heavy (non-hydrogen) atoms. The van der Waals surface area contributed by atoms with E-state index in [9.17, 15) is 9.59 Å². The first-order valence-electron chi connectivity index (χ1n) is 12.8. The zero-order valence-electron chi connectivity index (χ0n) is 21.4. The number of piperazine rings is 1. The third-order valence-corrected chi connectivity index (χ3v) is 6.96. The molecule has 4 aromatic rings. The number of H-pyrrole nitrogens is 1. The van der Waals surface area contributed by atoms with Crippen LogP contribution < -0.4 is 15.8 Å². The number of benzene rings is 3. The maximum atomic E-state index is 13.2. The van der Waals surface area contributed by atoms with E-state index >= 15 is 0 Å². The van der Waals surface area contributed by atoms with Crippen LogP contribution >= 0.6 is 11.6 Å². The zero-order chi connectivity index (χ0) is 27.2. The van der Waals surface area contributed by atoms with Gasteiger partial charge in [0.2, 0.25) is 0 Å². The van der Waals surface area contributed by atoms with Gasteiger partial charge in [-0.25, -0.2) is 0 Å². The number of ether oxygens (including phenoxy) is 1. The lowest BCUT2D eigenvalue weighted by Crippen LogP contribution is -2.49. The first kappa shape index (κ1) is 26.3. The van der Waals surface area contributed by atoms with E-state index in [1.807, 2.05) is 47.5 Å². The number of hydrogen-bond acceptors (Lipinski definition) is 5. The first-order chi connectivity index (χ1) is 19.0. The molecule has 8 nitrogen and oxygen atoms in total. The number of halogens is 1. The highest BCUT2D eigenvalue weighted by Gasteiger charge is 2.22. The Kier molecular flexibility index (Phi) is 8.15. The van der Waals surface area contributed by atoms with E-state index in [0.717, 1.165) is 41.9 Å². The molecular formula is C30H30ClN5O3. The molecule has 2 heterocycles. The van der Waals surface area contributed by atoms with Gasteiger partial charge in [-0.05, 0) is 54.6 Å². The number of rotatable bonds is 8. The van der Waals surface area contributed by atoms with Crippen molar-refractivity contribution < 1.29 is 14.3 Å². The fraction of sp³-hybridized carbons (Fsp3) is 0.200. The van der Waals surface area contributed by atoms with Crippen molar-refractivity contribution >= 4 is 46.1 Å². The minimum atomic E-state index is -0.431. The first-order valence-corrected chi connectivity index (χ1v) is 13.2. The normalized spacial score (nSPS) is 14.4. The summed E-state index contributed by atoms with van der Waals surface area (Å²) in [5.41, 5.74) is 9.00. The standard InChI is InChI=1S/C30H30ClN5O3/c31-23-8-10-25(11-9-23)39-17-16-35-12-14-36(15-13-35)30(38)21-4-3-5-24(18-21)34-29(37)27(32)19-22-20-33-28-7-2-1-6-26(22)28/h1-11,18-20,33H,12-17,32H2,(H,34,37). The quantitative estimate of drug-likeness (QED) is 0.282. The number of nitrogens with zero attached hydrogens (tertiary/aromatic N) is 2. The van der Waals surface area contributed by atoms with Gasteiger partial charge in [0.05, 0.1) is 5.70 Å². The second kappa shape index (κ2) is 12.1. The highest BCUT2D eigenvalue weighted by molar-refractivity contribution is 6.30. The Labute approximate surface area is 232 Å². The van der Waals surface area contributed by atoms with Crippen LogP contribution in [0, 0.1) is 0 Å². The summed E-state index contributed by atoms with van der Waals surface area (Å²) in [4.78, 5) is 33.2. The lowest BCUT2D eigenvalue weighted by molar-refractivity contribution is -0.112. The molecule has 1 aliphatic rings. The molecule has 2 amide bonds. The van der Waals surface area contributed by atoms with Gasteiger partial charge < -0.3 is 25.7 Å². The third-order valence-electron chi connectivity index (χ3n) is 6.71. The lowest BCUT2D eigenvalue weighted by atomic mass is 10.1. The fourth-order valence-corrected chi connectivity index (χ4v) is 4.69. The maximum Gasteiger partial charge on any atom is 0.271 e. The van der Waals surface area contributed by atoms with Crippen molar-refractivity contribution in [2.75, 3.05) is 44.6 Å². The Morgan fingerprint density at radius 3 is 2.56 bits per heavy atom. The number of anilines is 1. The second-order valence-electron chi connectivity index (χ2n) is 9.36. The number of nitrogens with two attached hydrogens (primary N) is 1. The Morgan fingerprint density at radius 1 is 1.00 bits per heavy atom. The molecule has 0 bridgehead atoms. The van der Waals surface area contributed by atoms with Crippen LogP contribution in [0.3, 0.4) is 0 Å². The average molecular weight is 544 g/mol. The van der Waals surface area contributed by atoms with Gasteiger partial charge in [0.15, 0.2) is 0 Å². The van der Waals surface area contributed by atoms with E-state index in [1.54, 1.807) is 42.5 Å². The summed E-state index contributed by atoms with van der Waals surface area (Å²) in [5.74, 6) is 0.292. The van der Waals surface area contributed by atoms with Crippen LogP contribution in [0.4, 0.5) is 5.69 Å². The molecule has 0 unspecified atom stereocenters. The van der Waals surface area contributed by atoms with E-state index < -0.39 is 5.91 Å². The molecule has 1 aromatic heterocycles. The topological polar surface area (TPSA) is 104 Å². The van der Waals surface area contributed by atoms with Crippen LogP contribution in [0.5, 0.6) is 5.75 Å². The van der Waals surface area contributed by atoms with E-state index in [0.29, 0.717) is 36.0 Å². The molecular weight excluding hydrogens is 514 g/mol. The molecule has 0 spiro atoms. The van der Waals surface area contributed by atoms with Crippen molar-refractivity contribution in [2.45, 2.75) is 0 Å². The van der Waals surface area contributed by atoms with Crippen molar-refractivity contribution in [3.8, 4) is 5.75 Å². The largest absolute Gasteiger partial charge is 0.492 e. The van der Waals surface area contributed by atoms with Gasteiger partial charge in [-0.15, -0.1) is 0 Å². The molecule has 0 radical (unpaired) electrons. The van der Waals surface area contributed by atoms with E-state index in [4.69, 9.17) is 22.1 Å². The van der Waals surface area contributed by atoms with Gasteiger partial charge in [0.25, 0.3) is 11.8 Å². The SMILES string of the molecule is NC(=Cc1c[nH]c2ccccc12)C(=O)Nc1cccc(C(=O)N2CCN(CCOc3ccc(Cl)cc3)CC2)c1. The van der Waals surface area contributed by atoms with Crippen molar-refractivity contribution in [1.82, 2.24) is 14.8 Å². The number of hydrogen-bond donors (Lipinski definition) is 3. The number of carbonyl (C=O) groups excluding carboxylic acids is 2. The Hall–Kier alpha value is -4.27. The van der Waals surface area contributed by atoms with Gasteiger partial charge in [0, 0.05) is 71.7 Å². The van der Waals surface area contributed by atoms with Gasteiger partial charge in [-0.2, -0.15) is 0 Å². The van der Waals surface area contributed by atoms with Crippen molar-refractivity contribution in [2.24, 2.45) is 5.73 Å². The molecule has 9 heteroatoms. The van der Waals surface area contributed by atoms with Crippen LogP contribution in [0.2, 0.25) is 5.02 Å². The Morgan fingerprint density at radius 2 is 1.77 bits per heavy atom. The van der Waals surface area contributed by atoms with E-state index in [-0.39, 0.29) is 11.6 Å². The Bertz CT molecular complexity index is 1490. The minimum Gasteiger partial charge on any atom is -0.492 e. The van der Waals surface area contributed by atoms with Gasteiger partial charge >= 0.3 is 0 Å². The summed E-state index contributed by atoms with van der Waals surface area (Å²) in [6.45, 7) is 4.12. The highest BCUT2D eigenvalue weighted by atomic mass is 35.5.